The fourth-order valence-electron chi connectivity index (χ4n) is 1.61. The van der Waals surface area contributed by atoms with E-state index in [1.807, 2.05) is 12.1 Å². The van der Waals surface area contributed by atoms with Crippen molar-refractivity contribution in [3.8, 4) is 0 Å². The maximum Gasteiger partial charge on any atom is 0.200 e. The van der Waals surface area contributed by atoms with Gasteiger partial charge in [-0.25, -0.2) is 8.42 Å². The van der Waals surface area contributed by atoms with Gasteiger partial charge >= 0.3 is 0 Å². The molecular weight excluding hydrogens is 198 g/mol. The summed E-state index contributed by atoms with van der Waals surface area (Å²) in [6.07, 6.45) is 0. The molecule has 0 aliphatic carbocycles. The molecule has 74 valence electrons. The summed E-state index contributed by atoms with van der Waals surface area (Å²) in [7, 11) is -3.20. The molecule has 0 aromatic heterocycles. The number of rotatable bonds is 1. The van der Waals surface area contributed by atoms with E-state index in [4.69, 9.17) is 5.73 Å². The van der Waals surface area contributed by atoms with Crippen molar-refractivity contribution in [3.05, 3.63) is 34.7 Å². The molecule has 1 aliphatic rings. The summed E-state index contributed by atoms with van der Waals surface area (Å²) < 4.78 is 23.2. The van der Waals surface area contributed by atoms with E-state index in [0.717, 1.165) is 16.7 Å². The molecule has 1 heterocycles. The largest absolute Gasteiger partial charge is 0.326 e. The van der Waals surface area contributed by atoms with Crippen LogP contribution in [0.5, 0.6) is 0 Å². The quantitative estimate of drug-likeness (QED) is 0.758. The molecule has 0 fully saturated rings. The maximum atomic E-state index is 11.6. The molecule has 4 heteroatoms. The Kier molecular flexibility index (Phi) is 1.97. The van der Waals surface area contributed by atoms with Crippen molar-refractivity contribution in [1.29, 1.82) is 0 Å². The van der Waals surface area contributed by atoms with Gasteiger partial charge in [-0.2, -0.15) is 0 Å². The molecule has 0 saturated heterocycles. The minimum atomic E-state index is -3.20. The van der Waals surface area contributed by atoms with Crippen molar-refractivity contribution >= 4 is 15.4 Å². The summed E-state index contributed by atoms with van der Waals surface area (Å²) in [5.74, 6) is 0. The van der Waals surface area contributed by atoms with Gasteiger partial charge < -0.3 is 5.73 Å². The lowest BCUT2D eigenvalue weighted by Gasteiger charge is -2.02. The predicted octanol–water partition coefficient (Wildman–Crippen LogP) is 1.29. The zero-order chi connectivity index (χ0) is 10.3. The zero-order valence-corrected chi connectivity index (χ0v) is 8.64. The van der Waals surface area contributed by atoms with E-state index in [1.165, 1.54) is 5.41 Å². The molecule has 2 rings (SSSR count). The summed E-state index contributed by atoms with van der Waals surface area (Å²) in [5, 5.41) is 1.30. The van der Waals surface area contributed by atoms with E-state index in [-0.39, 0.29) is 0 Å². The summed E-state index contributed by atoms with van der Waals surface area (Å²) in [4.78, 5) is 0.387. The number of allylic oxidation sites excluding steroid dienone is 1. The minimum Gasteiger partial charge on any atom is -0.326 e. The Morgan fingerprint density at radius 3 is 2.71 bits per heavy atom. The van der Waals surface area contributed by atoms with Crippen LogP contribution < -0.4 is 5.73 Å². The fraction of sp³-hybridized carbons (Fsp3) is 0.200. The van der Waals surface area contributed by atoms with E-state index >= 15 is 0 Å². The minimum absolute atomic E-state index is 0.363. The van der Waals surface area contributed by atoms with Crippen molar-refractivity contribution < 1.29 is 8.42 Å². The second-order valence-electron chi connectivity index (χ2n) is 3.38. The molecule has 3 nitrogen and oxygen atoms in total. The molecule has 2 N–H and O–H groups in total. The third-order valence-electron chi connectivity index (χ3n) is 2.35. The highest BCUT2D eigenvalue weighted by Crippen LogP contribution is 2.33. The number of hydrogen-bond donors (Lipinski definition) is 1. The molecule has 0 spiro atoms. The summed E-state index contributed by atoms with van der Waals surface area (Å²) in [5.41, 5.74) is 7.89. The van der Waals surface area contributed by atoms with Crippen molar-refractivity contribution in [2.45, 2.75) is 18.4 Å². The van der Waals surface area contributed by atoms with E-state index in [1.54, 1.807) is 13.0 Å². The second kappa shape index (κ2) is 2.93. The Hall–Kier alpha value is -1.13. The van der Waals surface area contributed by atoms with Gasteiger partial charge in [0.15, 0.2) is 0 Å². The highest BCUT2D eigenvalue weighted by Gasteiger charge is 2.24. The van der Waals surface area contributed by atoms with Gasteiger partial charge in [-0.1, -0.05) is 12.1 Å². The van der Waals surface area contributed by atoms with Crippen molar-refractivity contribution in [1.82, 2.24) is 0 Å². The van der Waals surface area contributed by atoms with Gasteiger partial charge in [0.25, 0.3) is 0 Å². The SMILES string of the molecule is CC1=CS(=O)(=O)c2cc(CN)ccc21. The van der Waals surface area contributed by atoms with Crippen LogP contribution in [-0.4, -0.2) is 8.42 Å². The van der Waals surface area contributed by atoms with Crippen LogP contribution in [0, 0.1) is 0 Å². The molecule has 0 unspecified atom stereocenters. The third-order valence-corrected chi connectivity index (χ3v) is 3.96. The van der Waals surface area contributed by atoms with Crippen molar-refractivity contribution in [2.24, 2.45) is 5.73 Å². The first-order chi connectivity index (χ1) is 6.54. The smallest absolute Gasteiger partial charge is 0.200 e. The predicted molar refractivity (Wildman–Crippen MR) is 55.2 cm³/mol. The summed E-state index contributed by atoms with van der Waals surface area (Å²) in [6, 6.07) is 5.32. The van der Waals surface area contributed by atoms with Crippen LogP contribution in [0.1, 0.15) is 18.1 Å². The molecule has 0 amide bonds. The number of nitrogens with two attached hydrogens (primary N) is 1. The highest BCUT2D eigenvalue weighted by atomic mass is 32.2. The Morgan fingerprint density at radius 2 is 2.07 bits per heavy atom. The van der Waals surface area contributed by atoms with Crippen LogP contribution in [0.3, 0.4) is 0 Å². The average molecular weight is 209 g/mol. The topological polar surface area (TPSA) is 60.2 Å². The molecule has 1 aliphatic heterocycles. The van der Waals surface area contributed by atoms with Crippen LogP contribution in [0.25, 0.3) is 5.57 Å². The van der Waals surface area contributed by atoms with Crippen molar-refractivity contribution in [3.63, 3.8) is 0 Å². The second-order valence-corrected chi connectivity index (χ2v) is 5.15. The van der Waals surface area contributed by atoms with Crippen LogP contribution in [0.4, 0.5) is 0 Å². The third kappa shape index (κ3) is 1.27. The first-order valence-electron chi connectivity index (χ1n) is 4.31. The number of benzene rings is 1. The summed E-state index contributed by atoms with van der Waals surface area (Å²) in [6.45, 7) is 2.16. The fourth-order valence-corrected chi connectivity index (χ4v) is 3.19. The Balaban J connectivity index is 2.72. The zero-order valence-electron chi connectivity index (χ0n) is 7.82. The lowest BCUT2D eigenvalue weighted by atomic mass is 10.1. The van der Waals surface area contributed by atoms with Crippen LogP contribution in [-0.2, 0) is 16.4 Å². The van der Waals surface area contributed by atoms with Gasteiger partial charge in [0, 0.05) is 12.0 Å². The summed E-state index contributed by atoms with van der Waals surface area (Å²) >= 11 is 0. The van der Waals surface area contributed by atoms with E-state index < -0.39 is 9.84 Å². The van der Waals surface area contributed by atoms with Gasteiger partial charge in [-0.3, -0.25) is 0 Å². The lowest BCUT2D eigenvalue weighted by molar-refractivity contribution is 0.605. The van der Waals surface area contributed by atoms with Crippen LogP contribution in [0.15, 0.2) is 28.5 Å². The van der Waals surface area contributed by atoms with Crippen molar-refractivity contribution in [2.75, 3.05) is 0 Å². The monoisotopic (exact) mass is 209 g/mol. The van der Waals surface area contributed by atoms with Gasteiger partial charge in [-0.05, 0) is 29.7 Å². The molecule has 14 heavy (non-hydrogen) atoms. The Labute approximate surface area is 83.2 Å². The van der Waals surface area contributed by atoms with Crippen LogP contribution >= 0.6 is 0 Å². The Morgan fingerprint density at radius 1 is 1.36 bits per heavy atom. The van der Waals surface area contributed by atoms with Gasteiger partial charge in [0.2, 0.25) is 9.84 Å². The standard InChI is InChI=1S/C10H11NO2S/c1-7-6-14(12,13)10-4-8(5-11)2-3-9(7)10/h2-4,6H,5,11H2,1H3. The Bertz CT molecular complexity index is 515. The molecule has 0 radical (unpaired) electrons. The number of fused-ring (bicyclic) bond motifs is 1. The number of hydrogen-bond acceptors (Lipinski definition) is 3. The van der Waals surface area contributed by atoms with Gasteiger partial charge in [-0.15, -0.1) is 0 Å². The molecule has 1 aromatic carbocycles. The average Bonchev–Trinajstić information content (AvgIpc) is 2.37. The normalized spacial score (nSPS) is 17.7. The molecular formula is C10H11NO2S. The first kappa shape index (κ1) is 9.43. The molecule has 1 aromatic rings. The maximum absolute atomic E-state index is 11.6. The molecule has 0 atom stereocenters. The molecule has 0 saturated carbocycles. The van der Waals surface area contributed by atoms with E-state index in [2.05, 4.69) is 0 Å². The molecule has 0 bridgehead atoms. The van der Waals surface area contributed by atoms with E-state index in [0.29, 0.717) is 11.4 Å². The van der Waals surface area contributed by atoms with Crippen LogP contribution in [0.2, 0.25) is 0 Å². The lowest BCUT2D eigenvalue weighted by Crippen LogP contribution is -1.99. The van der Waals surface area contributed by atoms with Gasteiger partial charge in [0.05, 0.1) is 4.90 Å². The first-order valence-corrected chi connectivity index (χ1v) is 5.86. The highest BCUT2D eigenvalue weighted by molar-refractivity contribution is 7.95. The number of sulfone groups is 1. The van der Waals surface area contributed by atoms with Gasteiger partial charge in [0.1, 0.15) is 0 Å². The van der Waals surface area contributed by atoms with E-state index in [9.17, 15) is 8.42 Å².